The SMILES string of the molecule is C[C@H](c1ccccc1)N1C[C@@H]2COC=C[C@@H]2C1=O. The normalized spacial score (nSPS) is 27.8. The van der Waals surface area contributed by atoms with Crippen LogP contribution in [0.25, 0.3) is 0 Å². The molecule has 3 heteroatoms. The average Bonchev–Trinajstić information content (AvgIpc) is 2.77. The Kier molecular flexibility index (Phi) is 2.82. The lowest BCUT2D eigenvalue weighted by atomic mass is 9.95. The van der Waals surface area contributed by atoms with Gasteiger partial charge in [-0.2, -0.15) is 0 Å². The highest BCUT2D eigenvalue weighted by molar-refractivity contribution is 5.83. The number of hydrogen-bond acceptors (Lipinski definition) is 2. The fourth-order valence-corrected chi connectivity index (χ4v) is 2.82. The molecule has 94 valence electrons. The number of likely N-dealkylation sites (tertiary alicyclic amines) is 1. The van der Waals surface area contributed by atoms with Crippen molar-refractivity contribution in [3.8, 4) is 0 Å². The van der Waals surface area contributed by atoms with Crippen molar-refractivity contribution in [2.75, 3.05) is 13.2 Å². The number of fused-ring (bicyclic) bond motifs is 1. The Balaban J connectivity index is 1.82. The smallest absolute Gasteiger partial charge is 0.230 e. The molecule has 0 unspecified atom stereocenters. The number of ether oxygens (including phenoxy) is 1. The first-order valence-electron chi connectivity index (χ1n) is 6.41. The zero-order valence-corrected chi connectivity index (χ0v) is 10.5. The molecule has 2 aliphatic heterocycles. The maximum Gasteiger partial charge on any atom is 0.230 e. The Morgan fingerprint density at radius 1 is 1.33 bits per heavy atom. The van der Waals surface area contributed by atoms with Crippen LogP contribution in [-0.4, -0.2) is 24.0 Å². The van der Waals surface area contributed by atoms with Gasteiger partial charge in [0.1, 0.15) is 0 Å². The lowest BCUT2D eigenvalue weighted by Gasteiger charge is -2.25. The first kappa shape index (κ1) is 11.3. The molecule has 1 aromatic carbocycles. The van der Waals surface area contributed by atoms with Crippen LogP contribution in [0, 0.1) is 11.8 Å². The van der Waals surface area contributed by atoms with Gasteiger partial charge in [0.15, 0.2) is 0 Å². The molecule has 0 saturated carbocycles. The second-order valence-corrected chi connectivity index (χ2v) is 5.02. The summed E-state index contributed by atoms with van der Waals surface area (Å²) in [5.41, 5.74) is 1.19. The van der Waals surface area contributed by atoms with Gasteiger partial charge >= 0.3 is 0 Å². The van der Waals surface area contributed by atoms with Gasteiger partial charge in [-0.15, -0.1) is 0 Å². The van der Waals surface area contributed by atoms with Crippen LogP contribution in [0.2, 0.25) is 0 Å². The van der Waals surface area contributed by atoms with E-state index >= 15 is 0 Å². The quantitative estimate of drug-likeness (QED) is 0.798. The van der Waals surface area contributed by atoms with Gasteiger partial charge in [0.2, 0.25) is 5.91 Å². The molecule has 0 aromatic heterocycles. The van der Waals surface area contributed by atoms with Gasteiger partial charge < -0.3 is 9.64 Å². The summed E-state index contributed by atoms with van der Waals surface area (Å²) in [4.78, 5) is 14.3. The zero-order chi connectivity index (χ0) is 12.5. The van der Waals surface area contributed by atoms with E-state index in [0.717, 1.165) is 6.54 Å². The van der Waals surface area contributed by atoms with Gasteiger partial charge in [-0.3, -0.25) is 4.79 Å². The fraction of sp³-hybridized carbons (Fsp3) is 0.400. The zero-order valence-electron chi connectivity index (χ0n) is 10.5. The van der Waals surface area contributed by atoms with Crippen LogP contribution in [0.1, 0.15) is 18.5 Å². The largest absolute Gasteiger partial charge is 0.501 e. The summed E-state index contributed by atoms with van der Waals surface area (Å²) < 4.78 is 5.31. The molecule has 0 aliphatic carbocycles. The minimum absolute atomic E-state index is 0.0184. The number of carbonyl (C=O) groups is 1. The van der Waals surface area contributed by atoms with E-state index in [1.807, 2.05) is 29.2 Å². The number of amides is 1. The number of benzene rings is 1. The highest BCUT2D eigenvalue weighted by atomic mass is 16.5. The molecule has 1 aromatic rings. The third-order valence-electron chi connectivity index (χ3n) is 3.95. The summed E-state index contributed by atoms with van der Waals surface area (Å²) in [5.74, 6) is 0.564. The maximum absolute atomic E-state index is 12.4. The van der Waals surface area contributed by atoms with Crippen molar-refractivity contribution in [2.45, 2.75) is 13.0 Å². The van der Waals surface area contributed by atoms with Gasteiger partial charge in [-0.05, 0) is 18.6 Å². The Morgan fingerprint density at radius 3 is 2.83 bits per heavy atom. The Hall–Kier alpha value is -1.77. The molecular formula is C15H17NO2. The highest BCUT2D eigenvalue weighted by Crippen LogP contribution is 2.34. The van der Waals surface area contributed by atoms with Gasteiger partial charge in [0, 0.05) is 12.5 Å². The van der Waals surface area contributed by atoms with Crippen molar-refractivity contribution in [1.82, 2.24) is 4.90 Å². The van der Waals surface area contributed by atoms with E-state index in [1.54, 1.807) is 6.26 Å². The minimum Gasteiger partial charge on any atom is -0.501 e. The van der Waals surface area contributed by atoms with E-state index in [1.165, 1.54) is 5.56 Å². The third-order valence-corrected chi connectivity index (χ3v) is 3.95. The Morgan fingerprint density at radius 2 is 2.11 bits per heavy atom. The molecule has 3 atom stereocenters. The van der Waals surface area contributed by atoms with Crippen LogP contribution in [-0.2, 0) is 9.53 Å². The number of nitrogens with zero attached hydrogens (tertiary/aromatic N) is 1. The van der Waals surface area contributed by atoms with Crippen LogP contribution in [0.3, 0.4) is 0 Å². The van der Waals surface area contributed by atoms with E-state index in [9.17, 15) is 4.79 Å². The standard InChI is InChI=1S/C15H17NO2/c1-11(12-5-3-2-4-6-12)16-9-13-10-18-8-7-14(13)15(16)17/h2-8,11,13-14H,9-10H2,1H3/t11-,13-,14+/m1/s1. The Labute approximate surface area is 107 Å². The second-order valence-electron chi connectivity index (χ2n) is 5.02. The lowest BCUT2D eigenvalue weighted by Crippen LogP contribution is -2.29. The maximum atomic E-state index is 12.4. The topological polar surface area (TPSA) is 29.5 Å². The van der Waals surface area contributed by atoms with E-state index in [0.29, 0.717) is 12.5 Å². The summed E-state index contributed by atoms with van der Waals surface area (Å²) in [7, 11) is 0. The van der Waals surface area contributed by atoms with Gasteiger partial charge in [-0.1, -0.05) is 30.3 Å². The van der Waals surface area contributed by atoms with Crippen molar-refractivity contribution < 1.29 is 9.53 Å². The van der Waals surface area contributed by atoms with E-state index < -0.39 is 0 Å². The van der Waals surface area contributed by atoms with Crippen LogP contribution < -0.4 is 0 Å². The predicted octanol–water partition coefficient (Wildman–Crippen LogP) is 2.37. The number of carbonyl (C=O) groups excluding carboxylic acids is 1. The lowest BCUT2D eigenvalue weighted by molar-refractivity contribution is -0.131. The van der Waals surface area contributed by atoms with E-state index in [4.69, 9.17) is 4.74 Å². The van der Waals surface area contributed by atoms with Crippen molar-refractivity contribution in [3.63, 3.8) is 0 Å². The molecule has 3 rings (SSSR count). The predicted molar refractivity (Wildman–Crippen MR) is 68.6 cm³/mol. The number of hydrogen-bond donors (Lipinski definition) is 0. The summed E-state index contributed by atoms with van der Waals surface area (Å²) in [6, 6.07) is 10.3. The summed E-state index contributed by atoms with van der Waals surface area (Å²) in [5, 5.41) is 0. The molecule has 3 nitrogen and oxygen atoms in total. The van der Waals surface area contributed by atoms with E-state index in [-0.39, 0.29) is 17.9 Å². The van der Waals surface area contributed by atoms with Gasteiger partial charge in [0.25, 0.3) is 0 Å². The molecule has 0 N–H and O–H groups in total. The molecule has 0 bridgehead atoms. The molecule has 1 fully saturated rings. The van der Waals surface area contributed by atoms with Crippen LogP contribution in [0.15, 0.2) is 42.7 Å². The van der Waals surface area contributed by atoms with Crippen molar-refractivity contribution >= 4 is 5.91 Å². The first-order chi connectivity index (χ1) is 8.77. The van der Waals surface area contributed by atoms with E-state index in [2.05, 4.69) is 19.1 Å². The van der Waals surface area contributed by atoms with Crippen LogP contribution >= 0.6 is 0 Å². The Bertz CT molecular complexity index is 469. The molecule has 2 heterocycles. The van der Waals surface area contributed by atoms with Crippen molar-refractivity contribution in [1.29, 1.82) is 0 Å². The van der Waals surface area contributed by atoms with Crippen LogP contribution in [0.4, 0.5) is 0 Å². The molecule has 1 amide bonds. The molecular weight excluding hydrogens is 226 g/mol. The van der Waals surface area contributed by atoms with Crippen molar-refractivity contribution in [3.05, 3.63) is 48.2 Å². The second kappa shape index (κ2) is 4.48. The number of rotatable bonds is 2. The summed E-state index contributed by atoms with van der Waals surface area (Å²) in [6.07, 6.45) is 3.56. The third kappa shape index (κ3) is 1.80. The molecule has 1 saturated heterocycles. The van der Waals surface area contributed by atoms with Gasteiger partial charge in [-0.25, -0.2) is 0 Å². The van der Waals surface area contributed by atoms with Crippen LogP contribution in [0.5, 0.6) is 0 Å². The molecule has 2 aliphatic rings. The first-order valence-corrected chi connectivity index (χ1v) is 6.41. The highest BCUT2D eigenvalue weighted by Gasteiger charge is 2.42. The average molecular weight is 243 g/mol. The molecule has 0 spiro atoms. The fourth-order valence-electron chi connectivity index (χ4n) is 2.82. The van der Waals surface area contributed by atoms with Crippen molar-refractivity contribution in [2.24, 2.45) is 11.8 Å². The molecule has 0 radical (unpaired) electrons. The minimum atomic E-state index is 0.0184. The summed E-state index contributed by atoms with van der Waals surface area (Å²) >= 11 is 0. The molecule has 18 heavy (non-hydrogen) atoms. The van der Waals surface area contributed by atoms with Gasteiger partial charge in [0.05, 0.1) is 24.8 Å². The summed E-state index contributed by atoms with van der Waals surface area (Å²) in [6.45, 7) is 3.55. The monoisotopic (exact) mass is 243 g/mol.